The first-order valence-corrected chi connectivity index (χ1v) is 7.53. The summed E-state index contributed by atoms with van der Waals surface area (Å²) >= 11 is 0. The van der Waals surface area contributed by atoms with Gasteiger partial charge in [0.15, 0.2) is 0 Å². The third-order valence-corrected chi connectivity index (χ3v) is 3.92. The molecular formula is C17H32. The first kappa shape index (κ1) is 16.5. The Hall–Kier alpha value is -0.520. The van der Waals surface area contributed by atoms with E-state index in [1.165, 1.54) is 25.7 Å². The fraction of sp³-hybridized carbons (Fsp3) is 0.765. The maximum Gasteiger partial charge on any atom is -0.0169 e. The summed E-state index contributed by atoms with van der Waals surface area (Å²) in [6.45, 7) is 10.9. The van der Waals surface area contributed by atoms with Crippen LogP contribution in [0.4, 0.5) is 0 Å². The molecule has 0 aromatic heterocycles. The molecule has 0 aromatic carbocycles. The molecule has 0 aliphatic heterocycles. The van der Waals surface area contributed by atoms with Gasteiger partial charge in [0.1, 0.15) is 0 Å². The van der Waals surface area contributed by atoms with Crippen molar-refractivity contribution in [2.75, 3.05) is 0 Å². The normalized spacial score (nSPS) is 20.5. The van der Waals surface area contributed by atoms with Crippen LogP contribution in [0.5, 0.6) is 0 Å². The highest BCUT2D eigenvalue weighted by Gasteiger charge is 2.24. The lowest BCUT2D eigenvalue weighted by molar-refractivity contribution is 0.303. The van der Waals surface area contributed by atoms with Gasteiger partial charge in [-0.25, -0.2) is 0 Å². The van der Waals surface area contributed by atoms with Crippen LogP contribution >= 0.6 is 0 Å². The van der Waals surface area contributed by atoms with E-state index in [0.29, 0.717) is 0 Å². The van der Waals surface area contributed by atoms with Crippen LogP contribution in [-0.2, 0) is 0 Å². The van der Waals surface area contributed by atoms with E-state index >= 15 is 0 Å². The predicted molar refractivity (Wildman–Crippen MR) is 80.2 cm³/mol. The standard InChI is InChI=1S/C15H26.C2H6/c1-4-5-6-7-10-13(2)14(3)15-11-8-9-12-15;1-2/h4-5,7,10,13-15H,6,8-9,11-12H2,1-3H3;1-2H3/b5-4-,10-7?;. The van der Waals surface area contributed by atoms with Gasteiger partial charge in [-0.15, -0.1) is 0 Å². The van der Waals surface area contributed by atoms with E-state index in [0.717, 1.165) is 24.2 Å². The monoisotopic (exact) mass is 236 g/mol. The SMILES string of the molecule is C/C=C\CC=CC(C)C(C)C1CCCC1.CC. The molecule has 2 unspecified atom stereocenters. The molecule has 0 amide bonds. The smallest absolute Gasteiger partial charge is 0.0169 e. The molecule has 100 valence electrons. The molecule has 1 aliphatic rings. The second-order valence-electron chi connectivity index (χ2n) is 5.00. The van der Waals surface area contributed by atoms with Crippen molar-refractivity contribution in [1.29, 1.82) is 0 Å². The zero-order valence-electron chi connectivity index (χ0n) is 12.6. The maximum absolute atomic E-state index is 2.43. The van der Waals surface area contributed by atoms with Gasteiger partial charge in [0, 0.05) is 0 Å². The van der Waals surface area contributed by atoms with Crippen LogP contribution in [0, 0.1) is 17.8 Å². The molecule has 0 aromatic rings. The Labute approximate surface area is 109 Å². The molecule has 17 heavy (non-hydrogen) atoms. The lowest BCUT2D eigenvalue weighted by Gasteiger charge is -2.23. The van der Waals surface area contributed by atoms with Crippen LogP contribution in [0.25, 0.3) is 0 Å². The van der Waals surface area contributed by atoms with Crippen LogP contribution in [-0.4, -0.2) is 0 Å². The highest BCUT2D eigenvalue weighted by Crippen LogP contribution is 2.35. The van der Waals surface area contributed by atoms with Crippen molar-refractivity contribution < 1.29 is 0 Å². The van der Waals surface area contributed by atoms with Crippen molar-refractivity contribution in [2.24, 2.45) is 17.8 Å². The van der Waals surface area contributed by atoms with Gasteiger partial charge >= 0.3 is 0 Å². The van der Waals surface area contributed by atoms with Crippen LogP contribution in [0.3, 0.4) is 0 Å². The molecule has 0 N–H and O–H groups in total. The molecule has 1 fully saturated rings. The second kappa shape index (κ2) is 10.6. The third-order valence-electron chi connectivity index (χ3n) is 3.92. The third kappa shape index (κ3) is 6.71. The van der Waals surface area contributed by atoms with Gasteiger partial charge < -0.3 is 0 Å². The minimum absolute atomic E-state index is 0.748. The summed E-state index contributed by atoms with van der Waals surface area (Å²) in [5.41, 5.74) is 0. The van der Waals surface area contributed by atoms with Crippen LogP contribution in [0.2, 0.25) is 0 Å². The van der Waals surface area contributed by atoms with Gasteiger partial charge in [-0.3, -0.25) is 0 Å². The average molecular weight is 236 g/mol. The summed E-state index contributed by atoms with van der Waals surface area (Å²) < 4.78 is 0. The van der Waals surface area contributed by atoms with Gasteiger partial charge in [0.25, 0.3) is 0 Å². The Morgan fingerprint density at radius 1 is 1.06 bits per heavy atom. The van der Waals surface area contributed by atoms with E-state index in [1.54, 1.807) is 0 Å². The van der Waals surface area contributed by atoms with E-state index in [9.17, 15) is 0 Å². The number of allylic oxidation sites excluding steroid dienone is 4. The van der Waals surface area contributed by atoms with Gasteiger partial charge in [0.05, 0.1) is 0 Å². The molecule has 0 heteroatoms. The quantitative estimate of drug-likeness (QED) is 0.514. The molecule has 0 radical (unpaired) electrons. The number of rotatable bonds is 5. The van der Waals surface area contributed by atoms with E-state index in [4.69, 9.17) is 0 Å². The average Bonchev–Trinajstić information content (AvgIpc) is 2.89. The van der Waals surface area contributed by atoms with Crippen molar-refractivity contribution in [1.82, 2.24) is 0 Å². The van der Waals surface area contributed by atoms with E-state index in [-0.39, 0.29) is 0 Å². The minimum Gasteiger partial charge on any atom is -0.0914 e. The van der Waals surface area contributed by atoms with Crippen molar-refractivity contribution in [3.63, 3.8) is 0 Å². The fourth-order valence-corrected chi connectivity index (χ4v) is 2.60. The Kier molecular flexibility index (Phi) is 10.3. The molecule has 0 nitrogen and oxygen atoms in total. The van der Waals surface area contributed by atoms with E-state index < -0.39 is 0 Å². The number of hydrogen-bond acceptors (Lipinski definition) is 0. The molecule has 1 saturated carbocycles. The Balaban J connectivity index is 0.00000121. The van der Waals surface area contributed by atoms with Crippen molar-refractivity contribution in [3.8, 4) is 0 Å². The first-order valence-electron chi connectivity index (χ1n) is 7.53. The molecule has 0 saturated heterocycles. The lowest BCUT2D eigenvalue weighted by Crippen LogP contribution is -2.14. The van der Waals surface area contributed by atoms with Crippen molar-refractivity contribution in [3.05, 3.63) is 24.3 Å². The summed E-state index contributed by atoms with van der Waals surface area (Å²) in [6, 6.07) is 0. The molecule has 2 atom stereocenters. The maximum atomic E-state index is 2.43. The summed E-state index contributed by atoms with van der Waals surface area (Å²) in [5, 5.41) is 0. The van der Waals surface area contributed by atoms with Gasteiger partial charge in [-0.2, -0.15) is 0 Å². The first-order chi connectivity index (χ1) is 8.25. The van der Waals surface area contributed by atoms with E-state index in [2.05, 4.69) is 45.1 Å². The van der Waals surface area contributed by atoms with E-state index in [1.807, 2.05) is 13.8 Å². The molecule has 1 aliphatic carbocycles. The van der Waals surface area contributed by atoms with Crippen LogP contribution in [0.15, 0.2) is 24.3 Å². The summed E-state index contributed by atoms with van der Waals surface area (Å²) in [4.78, 5) is 0. The predicted octanol–water partition coefficient (Wildman–Crippen LogP) is 6.00. The molecule has 0 bridgehead atoms. The van der Waals surface area contributed by atoms with Crippen LogP contribution < -0.4 is 0 Å². The summed E-state index contributed by atoms with van der Waals surface area (Å²) in [7, 11) is 0. The van der Waals surface area contributed by atoms with Crippen molar-refractivity contribution >= 4 is 0 Å². The fourth-order valence-electron chi connectivity index (χ4n) is 2.60. The minimum atomic E-state index is 0.748. The summed E-state index contributed by atoms with van der Waals surface area (Å²) in [5.74, 6) is 2.61. The topological polar surface area (TPSA) is 0 Å². The molecule has 1 rings (SSSR count). The second-order valence-corrected chi connectivity index (χ2v) is 5.00. The van der Waals surface area contributed by atoms with Gasteiger partial charge in [-0.05, 0) is 31.1 Å². The number of hydrogen-bond donors (Lipinski definition) is 0. The zero-order valence-corrected chi connectivity index (χ0v) is 12.6. The highest BCUT2D eigenvalue weighted by atomic mass is 14.3. The summed E-state index contributed by atoms with van der Waals surface area (Å²) in [6.07, 6.45) is 16.0. The zero-order chi connectivity index (χ0) is 13.1. The Morgan fingerprint density at radius 2 is 1.65 bits per heavy atom. The highest BCUT2D eigenvalue weighted by molar-refractivity contribution is 4.95. The molecule has 0 spiro atoms. The van der Waals surface area contributed by atoms with Gasteiger partial charge in [0.2, 0.25) is 0 Å². The lowest BCUT2D eigenvalue weighted by atomic mass is 9.83. The van der Waals surface area contributed by atoms with Crippen molar-refractivity contribution in [2.45, 2.75) is 66.7 Å². The Morgan fingerprint density at radius 3 is 2.18 bits per heavy atom. The molecule has 0 heterocycles. The van der Waals surface area contributed by atoms with Crippen LogP contribution in [0.1, 0.15) is 66.7 Å². The van der Waals surface area contributed by atoms with Gasteiger partial charge in [-0.1, -0.05) is 77.7 Å². The Bertz CT molecular complexity index is 206. The largest absolute Gasteiger partial charge is 0.0914 e. The molecular weight excluding hydrogens is 204 g/mol.